The van der Waals surface area contributed by atoms with Gasteiger partial charge in [-0.25, -0.2) is 0 Å². The maximum absolute atomic E-state index is 12.2. The van der Waals surface area contributed by atoms with Gasteiger partial charge in [-0.05, 0) is 61.4 Å². The number of rotatable bonds is 11. The Morgan fingerprint density at radius 3 is 1.83 bits per heavy atom. The van der Waals surface area contributed by atoms with Gasteiger partial charge in [0, 0.05) is 6.61 Å². The number of carbonyl (C=O) groups is 1. The number of carbonyl (C=O) groups excluding carboxylic acids is 1. The van der Waals surface area contributed by atoms with Crippen molar-refractivity contribution in [3.63, 3.8) is 0 Å². The molecule has 1 unspecified atom stereocenters. The summed E-state index contributed by atoms with van der Waals surface area (Å²) in [5, 5.41) is 0. The number of methoxy groups -OCH3 is 3. The number of benzene rings is 2. The topological polar surface area (TPSA) is 63.2 Å². The molecule has 30 heavy (non-hydrogen) atoms. The van der Waals surface area contributed by atoms with Crippen LogP contribution in [0.2, 0.25) is 0 Å². The molecule has 0 fully saturated rings. The highest BCUT2D eigenvalue weighted by Gasteiger charge is 2.09. The van der Waals surface area contributed by atoms with Crippen LogP contribution >= 0.6 is 0 Å². The number of ketones is 1. The van der Waals surface area contributed by atoms with Crippen LogP contribution < -0.4 is 18.9 Å². The highest BCUT2D eigenvalue weighted by molar-refractivity contribution is 6.04. The molecule has 0 spiro atoms. The van der Waals surface area contributed by atoms with Crippen LogP contribution in [0.4, 0.5) is 0 Å². The van der Waals surface area contributed by atoms with Gasteiger partial charge in [0.25, 0.3) is 0 Å². The normalized spacial score (nSPS) is 12.2. The van der Waals surface area contributed by atoms with Crippen LogP contribution in [0.25, 0.3) is 12.2 Å². The lowest BCUT2D eigenvalue weighted by Gasteiger charge is -2.17. The van der Waals surface area contributed by atoms with Crippen molar-refractivity contribution in [1.29, 1.82) is 0 Å². The van der Waals surface area contributed by atoms with E-state index in [2.05, 4.69) is 0 Å². The Labute approximate surface area is 177 Å². The predicted octanol–water partition coefficient (Wildman–Crippen LogP) is 4.77. The SMILES string of the molecule is CCOC(C)Oc1cc(C=CC(=O)C=Cc2ccc(OC)c(OC)c2)ccc1OC. The Hall–Kier alpha value is -3.25. The Balaban J connectivity index is 2.09. The fraction of sp³-hybridized carbons (Fsp3) is 0.292. The van der Waals surface area contributed by atoms with Gasteiger partial charge in [0.05, 0.1) is 21.3 Å². The summed E-state index contributed by atoms with van der Waals surface area (Å²) in [6.07, 6.45) is 6.03. The minimum absolute atomic E-state index is 0.147. The van der Waals surface area contributed by atoms with Crippen molar-refractivity contribution in [2.24, 2.45) is 0 Å². The summed E-state index contributed by atoms with van der Waals surface area (Å²) in [5.74, 6) is 2.24. The molecule has 0 saturated carbocycles. The summed E-state index contributed by atoms with van der Waals surface area (Å²) in [7, 11) is 4.72. The molecule has 0 N–H and O–H groups in total. The average molecular weight is 412 g/mol. The van der Waals surface area contributed by atoms with Gasteiger partial charge in [-0.2, -0.15) is 0 Å². The maximum atomic E-state index is 12.2. The fourth-order valence-corrected chi connectivity index (χ4v) is 2.71. The van der Waals surface area contributed by atoms with Crippen LogP contribution in [-0.2, 0) is 9.53 Å². The van der Waals surface area contributed by atoms with E-state index in [-0.39, 0.29) is 5.78 Å². The van der Waals surface area contributed by atoms with Crippen LogP contribution in [0, 0.1) is 0 Å². The van der Waals surface area contributed by atoms with Crippen molar-refractivity contribution in [2.45, 2.75) is 20.1 Å². The van der Waals surface area contributed by atoms with Crippen molar-refractivity contribution in [3.05, 3.63) is 59.7 Å². The van der Waals surface area contributed by atoms with Crippen LogP contribution in [0.3, 0.4) is 0 Å². The first kappa shape index (κ1) is 23.0. The van der Waals surface area contributed by atoms with Gasteiger partial charge in [-0.3, -0.25) is 4.79 Å². The van der Waals surface area contributed by atoms with Gasteiger partial charge in [0.2, 0.25) is 0 Å². The van der Waals surface area contributed by atoms with E-state index in [1.807, 2.05) is 26.0 Å². The van der Waals surface area contributed by atoms with E-state index in [1.54, 1.807) is 57.7 Å². The third kappa shape index (κ3) is 6.67. The molecule has 0 saturated heterocycles. The molecule has 0 aromatic heterocycles. The first-order valence-corrected chi connectivity index (χ1v) is 9.59. The lowest BCUT2D eigenvalue weighted by molar-refractivity contribution is -0.110. The smallest absolute Gasteiger partial charge is 0.197 e. The molecule has 0 radical (unpaired) electrons. The molecule has 6 nitrogen and oxygen atoms in total. The summed E-state index contributed by atoms with van der Waals surface area (Å²) in [4.78, 5) is 12.2. The molecule has 0 bridgehead atoms. The minimum atomic E-state index is -0.408. The zero-order valence-electron chi connectivity index (χ0n) is 18.0. The summed E-state index contributed by atoms with van der Waals surface area (Å²) in [6, 6.07) is 10.9. The molecule has 2 aromatic carbocycles. The fourth-order valence-electron chi connectivity index (χ4n) is 2.71. The molecule has 0 aliphatic heterocycles. The van der Waals surface area contributed by atoms with Crippen molar-refractivity contribution >= 4 is 17.9 Å². The van der Waals surface area contributed by atoms with E-state index in [4.69, 9.17) is 23.7 Å². The Bertz CT molecular complexity index is 901. The summed E-state index contributed by atoms with van der Waals surface area (Å²) in [6.45, 7) is 4.26. The molecule has 2 aromatic rings. The van der Waals surface area contributed by atoms with Gasteiger partial charge in [0.1, 0.15) is 0 Å². The third-order valence-electron chi connectivity index (χ3n) is 4.17. The Morgan fingerprint density at radius 1 is 0.833 bits per heavy atom. The highest BCUT2D eigenvalue weighted by Crippen LogP contribution is 2.30. The molecule has 0 amide bonds. The molecule has 6 heteroatoms. The van der Waals surface area contributed by atoms with Crippen LogP contribution in [0.5, 0.6) is 23.0 Å². The molecule has 0 aliphatic rings. The standard InChI is InChI=1S/C24H28O6/c1-6-29-17(2)30-24-16-19(10-14-22(24)27-4)8-12-20(25)11-7-18-9-13-21(26-3)23(15-18)28-5/h7-17H,6H2,1-5H3. The summed E-state index contributed by atoms with van der Waals surface area (Å²) in [5.41, 5.74) is 1.64. The number of hydrogen-bond donors (Lipinski definition) is 0. The number of ether oxygens (including phenoxy) is 5. The monoisotopic (exact) mass is 412 g/mol. The molecular formula is C24H28O6. The predicted molar refractivity (Wildman–Crippen MR) is 117 cm³/mol. The third-order valence-corrected chi connectivity index (χ3v) is 4.17. The van der Waals surface area contributed by atoms with Crippen molar-refractivity contribution in [1.82, 2.24) is 0 Å². The van der Waals surface area contributed by atoms with E-state index in [0.29, 0.717) is 29.6 Å². The van der Waals surface area contributed by atoms with E-state index < -0.39 is 6.29 Å². The van der Waals surface area contributed by atoms with Crippen LogP contribution in [0.1, 0.15) is 25.0 Å². The first-order valence-electron chi connectivity index (χ1n) is 9.59. The minimum Gasteiger partial charge on any atom is -0.493 e. The largest absolute Gasteiger partial charge is 0.493 e. The lowest BCUT2D eigenvalue weighted by Crippen LogP contribution is -2.16. The van der Waals surface area contributed by atoms with Crippen LogP contribution in [-0.4, -0.2) is 40.0 Å². The van der Waals surface area contributed by atoms with Crippen molar-refractivity contribution in [3.8, 4) is 23.0 Å². The number of allylic oxidation sites excluding steroid dienone is 2. The second-order valence-corrected chi connectivity index (χ2v) is 6.23. The van der Waals surface area contributed by atoms with Gasteiger partial charge in [0.15, 0.2) is 35.1 Å². The zero-order valence-corrected chi connectivity index (χ0v) is 18.0. The Morgan fingerprint density at radius 2 is 1.33 bits per heavy atom. The average Bonchev–Trinajstić information content (AvgIpc) is 2.76. The molecule has 0 heterocycles. The summed E-state index contributed by atoms with van der Waals surface area (Å²) >= 11 is 0. The second-order valence-electron chi connectivity index (χ2n) is 6.23. The quantitative estimate of drug-likeness (QED) is 0.391. The van der Waals surface area contributed by atoms with Gasteiger partial charge in [-0.15, -0.1) is 0 Å². The molecule has 0 aliphatic carbocycles. The maximum Gasteiger partial charge on any atom is 0.197 e. The van der Waals surface area contributed by atoms with Crippen molar-refractivity contribution < 1.29 is 28.5 Å². The van der Waals surface area contributed by atoms with Crippen molar-refractivity contribution in [2.75, 3.05) is 27.9 Å². The molecule has 160 valence electrons. The van der Waals surface area contributed by atoms with Gasteiger partial charge in [-0.1, -0.05) is 24.3 Å². The van der Waals surface area contributed by atoms with E-state index in [9.17, 15) is 4.79 Å². The lowest BCUT2D eigenvalue weighted by atomic mass is 10.1. The van der Waals surface area contributed by atoms with Crippen LogP contribution in [0.15, 0.2) is 48.6 Å². The Kier molecular flexibility index (Phi) is 8.97. The second kappa shape index (κ2) is 11.7. The van der Waals surface area contributed by atoms with Gasteiger partial charge >= 0.3 is 0 Å². The summed E-state index contributed by atoms with van der Waals surface area (Å²) < 4.78 is 27.0. The van der Waals surface area contributed by atoms with E-state index >= 15 is 0 Å². The molecular weight excluding hydrogens is 384 g/mol. The van der Waals surface area contributed by atoms with E-state index in [0.717, 1.165) is 11.1 Å². The van der Waals surface area contributed by atoms with E-state index in [1.165, 1.54) is 12.2 Å². The molecule has 1 atom stereocenters. The first-order chi connectivity index (χ1) is 14.5. The zero-order chi connectivity index (χ0) is 21.9. The number of hydrogen-bond acceptors (Lipinski definition) is 6. The molecule has 2 rings (SSSR count). The highest BCUT2D eigenvalue weighted by atomic mass is 16.7. The van der Waals surface area contributed by atoms with Gasteiger partial charge < -0.3 is 23.7 Å².